The van der Waals surface area contributed by atoms with Crippen molar-refractivity contribution in [1.29, 1.82) is 0 Å². The molecule has 0 bridgehead atoms. The Bertz CT molecular complexity index is 1180. The Morgan fingerprint density at radius 3 is 2.03 bits per heavy atom. The van der Waals surface area contributed by atoms with E-state index in [-0.39, 0.29) is 23.0 Å². The number of fused-ring (bicyclic) bond motifs is 1. The minimum atomic E-state index is -5.09. The zero-order valence-corrected chi connectivity index (χ0v) is 19.6. The zero-order chi connectivity index (χ0) is 26.4. The van der Waals surface area contributed by atoms with Gasteiger partial charge in [-0.1, -0.05) is 6.07 Å². The summed E-state index contributed by atoms with van der Waals surface area (Å²) in [6.07, 6.45) is -8.29. The minimum Gasteiger partial charge on any atom is -0.496 e. The van der Waals surface area contributed by atoms with Crippen molar-refractivity contribution in [2.45, 2.75) is 31.1 Å². The molecule has 5 nitrogen and oxygen atoms in total. The summed E-state index contributed by atoms with van der Waals surface area (Å²) >= 11 is 0. The monoisotopic (exact) mass is 515 g/mol. The lowest BCUT2D eigenvalue weighted by molar-refractivity contribution is -0.143. The molecule has 4 rings (SSSR count). The van der Waals surface area contributed by atoms with E-state index < -0.39 is 40.6 Å². The van der Waals surface area contributed by atoms with Crippen LogP contribution in [0.2, 0.25) is 0 Å². The highest BCUT2D eigenvalue weighted by atomic mass is 19.4. The summed E-state index contributed by atoms with van der Waals surface area (Å²) in [5, 5.41) is 0. The van der Waals surface area contributed by atoms with Gasteiger partial charge in [-0.3, -0.25) is 4.79 Å². The van der Waals surface area contributed by atoms with Crippen molar-refractivity contribution in [1.82, 2.24) is 4.90 Å². The summed E-state index contributed by atoms with van der Waals surface area (Å²) in [6, 6.07) is 3.22. The van der Waals surface area contributed by atoms with E-state index in [1.165, 1.54) is 20.3 Å². The van der Waals surface area contributed by atoms with Gasteiger partial charge in [0.15, 0.2) is 5.76 Å². The number of likely N-dealkylation sites (tertiary alicyclic amines) is 1. The van der Waals surface area contributed by atoms with Crippen LogP contribution in [0.15, 0.2) is 30.0 Å². The van der Waals surface area contributed by atoms with E-state index in [0.717, 1.165) is 13.1 Å². The maximum Gasteiger partial charge on any atom is 0.417 e. The smallest absolute Gasteiger partial charge is 0.417 e. The van der Waals surface area contributed by atoms with Crippen LogP contribution >= 0.6 is 0 Å². The average Bonchev–Trinajstić information content (AvgIpc) is 3.13. The third-order valence-electron chi connectivity index (χ3n) is 6.47. The average molecular weight is 515 g/mol. The number of alkyl halides is 6. The fourth-order valence-corrected chi connectivity index (χ4v) is 4.68. The molecule has 36 heavy (non-hydrogen) atoms. The number of hydrogen-bond acceptors (Lipinski definition) is 5. The Morgan fingerprint density at radius 1 is 0.972 bits per heavy atom. The first-order valence-corrected chi connectivity index (χ1v) is 11.1. The molecule has 2 heterocycles. The Labute approximate surface area is 203 Å². The topological polar surface area (TPSA) is 48.0 Å². The summed E-state index contributed by atoms with van der Waals surface area (Å²) in [4.78, 5) is 15.4. The number of halogens is 6. The van der Waals surface area contributed by atoms with Gasteiger partial charge < -0.3 is 19.1 Å². The standard InChI is InChI=1S/C25H23F6NO4/c1-32-9-7-13(8-10-32)20-17(34-2)12-18(35-3)21-22(33)19(36-23(20)21)11-14-15(24(26,27)28)5-4-6-16(14)25(29,30)31/h4-6,11-13H,7-10H2,1-3H3/b19-11-. The third kappa shape index (κ3) is 4.63. The van der Waals surface area contributed by atoms with Crippen LogP contribution in [-0.2, 0) is 12.4 Å². The van der Waals surface area contributed by atoms with E-state index in [2.05, 4.69) is 4.90 Å². The first kappa shape index (κ1) is 25.9. The van der Waals surface area contributed by atoms with Crippen LogP contribution in [-0.4, -0.2) is 45.0 Å². The Kier molecular flexibility index (Phi) is 6.72. The molecule has 0 atom stereocenters. The number of benzene rings is 2. The summed E-state index contributed by atoms with van der Waals surface area (Å²) in [5.41, 5.74) is -3.77. The van der Waals surface area contributed by atoms with Crippen LogP contribution in [0.25, 0.3) is 6.08 Å². The lowest BCUT2D eigenvalue weighted by Gasteiger charge is -2.30. The highest BCUT2D eigenvalue weighted by molar-refractivity contribution is 6.17. The van der Waals surface area contributed by atoms with Crippen molar-refractivity contribution >= 4 is 11.9 Å². The predicted molar refractivity (Wildman–Crippen MR) is 118 cm³/mol. The third-order valence-corrected chi connectivity index (χ3v) is 6.47. The number of carbonyl (C=O) groups excluding carboxylic acids is 1. The summed E-state index contributed by atoms with van der Waals surface area (Å²) in [5.74, 6) is -1.18. The number of methoxy groups -OCH3 is 2. The molecule has 0 spiro atoms. The van der Waals surface area contributed by atoms with Gasteiger partial charge in [0.1, 0.15) is 22.8 Å². The van der Waals surface area contributed by atoms with Crippen molar-refractivity contribution in [2.24, 2.45) is 0 Å². The van der Waals surface area contributed by atoms with Crippen LogP contribution in [0.3, 0.4) is 0 Å². The highest BCUT2D eigenvalue weighted by Gasteiger charge is 2.42. The molecule has 2 aromatic carbocycles. The molecule has 11 heteroatoms. The maximum atomic E-state index is 13.6. The van der Waals surface area contributed by atoms with Gasteiger partial charge in [-0.15, -0.1) is 0 Å². The molecular weight excluding hydrogens is 492 g/mol. The van der Waals surface area contributed by atoms with Crippen LogP contribution in [0.5, 0.6) is 17.2 Å². The van der Waals surface area contributed by atoms with Crippen LogP contribution in [0, 0.1) is 0 Å². The van der Waals surface area contributed by atoms with E-state index in [1.54, 1.807) is 0 Å². The summed E-state index contributed by atoms with van der Waals surface area (Å²) < 4.78 is 98.4. The van der Waals surface area contributed by atoms with Crippen molar-refractivity contribution < 1.29 is 45.3 Å². The zero-order valence-electron chi connectivity index (χ0n) is 19.6. The Morgan fingerprint density at radius 2 is 1.53 bits per heavy atom. The van der Waals surface area contributed by atoms with Gasteiger partial charge in [-0.25, -0.2) is 0 Å². The van der Waals surface area contributed by atoms with Crippen molar-refractivity contribution in [3.8, 4) is 17.2 Å². The second-order valence-electron chi connectivity index (χ2n) is 8.68. The van der Waals surface area contributed by atoms with Gasteiger partial charge in [-0.05, 0) is 57.1 Å². The molecule has 0 aliphatic carbocycles. The van der Waals surface area contributed by atoms with Gasteiger partial charge in [-0.2, -0.15) is 26.3 Å². The van der Waals surface area contributed by atoms with E-state index >= 15 is 0 Å². The number of carbonyl (C=O) groups is 1. The van der Waals surface area contributed by atoms with E-state index in [0.29, 0.717) is 48.4 Å². The largest absolute Gasteiger partial charge is 0.496 e. The number of rotatable bonds is 4. The quantitative estimate of drug-likeness (QED) is 0.360. The number of hydrogen-bond donors (Lipinski definition) is 0. The normalized spacial score (nSPS) is 18.4. The van der Waals surface area contributed by atoms with Crippen LogP contribution < -0.4 is 14.2 Å². The lowest BCUT2D eigenvalue weighted by Crippen LogP contribution is -2.29. The van der Waals surface area contributed by atoms with E-state index in [9.17, 15) is 31.1 Å². The van der Waals surface area contributed by atoms with Crippen LogP contribution in [0.1, 0.15) is 51.4 Å². The van der Waals surface area contributed by atoms with Gasteiger partial charge in [0, 0.05) is 17.2 Å². The fraction of sp³-hybridized carbons (Fsp3) is 0.400. The molecule has 2 aromatic rings. The number of ketones is 1. The summed E-state index contributed by atoms with van der Waals surface area (Å²) in [7, 11) is 4.67. The molecule has 194 valence electrons. The van der Waals surface area contributed by atoms with E-state index in [1.807, 2.05) is 7.05 Å². The fourth-order valence-electron chi connectivity index (χ4n) is 4.68. The molecule has 2 aliphatic rings. The predicted octanol–water partition coefficient (Wildman–Crippen LogP) is 6.17. The minimum absolute atomic E-state index is 0.0371. The SMILES string of the molecule is COc1cc(OC)c(C2CCN(C)CC2)c2c1C(=O)/C(=C/c1c(C(F)(F)F)cccc1C(F)(F)F)O2. The van der Waals surface area contributed by atoms with Gasteiger partial charge >= 0.3 is 12.4 Å². The number of allylic oxidation sites excluding steroid dienone is 1. The number of piperidine rings is 1. The maximum absolute atomic E-state index is 13.6. The molecule has 0 saturated carbocycles. The molecule has 0 aromatic heterocycles. The molecule has 0 amide bonds. The van der Waals surface area contributed by atoms with Gasteiger partial charge in [0.25, 0.3) is 0 Å². The van der Waals surface area contributed by atoms with Gasteiger partial charge in [0.05, 0.1) is 25.3 Å². The second kappa shape index (κ2) is 9.34. The molecule has 2 aliphatic heterocycles. The first-order chi connectivity index (χ1) is 16.9. The number of nitrogens with zero attached hydrogens (tertiary/aromatic N) is 1. The molecule has 1 fully saturated rings. The van der Waals surface area contributed by atoms with Crippen molar-refractivity contribution in [3.63, 3.8) is 0 Å². The highest BCUT2D eigenvalue weighted by Crippen LogP contribution is 2.51. The first-order valence-electron chi connectivity index (χ1n) is 11.1. The van der Waals surface area contributed by atoms with Gasteiger partial charge in [0.2, 0.25) is 5.78 Å². The number of Topliss-reactive ketones (excluding diaryl/α,β-unsaturated/α-hetero) is 1. The van der Waals surface area contributed by atoms with Crippen molar-refractivity contribution in [3.05, 3.63) is 57.8 Å². The van der Waals surface area contributed by atoms with E-state index in [4.69, 9.17) is 14.2 Å². The second-order valence-corrected chi connectivity index (χ2v) is 8.68. The molecule has 1 saturated heterocycles. The lowest BCUT2D eigenvalue weighted by atomic mass is 9.86. The molecule has 0 N–H and O–H groups in total. The van der Waals surface area contributed by atoms with Crippen LogP contribution in [0.4, 0.5) is 26.3 Å². The molecular formula is C25H23F6NO4. The Balaban J connectivity index is 1.90. The van der Waals surface area contributed by atoms with Crippen molar-refractivity contribution in [2.75, 3.05) is 34.4 Å². The molecule has 0 unspecified atom stereocenters. The Hall–Kier alpha value is -3.21. The summed E-state index contributed by atoms with van der Waals surface area (Å²) in [6.45, 7) is 1.50. The number of ether oxygens (including phenoxy) is 3. The molecule has 0 radical (unpaired) electrons.